The Morgan fingerprint density at radius 3 is 2.53 bits per heavy atom. The van der Waals surface area contributed by atoms with Crippen LogP contribution >= 0.6 is 15.9 Å². The molecule has 0 unspecified atom stereocenters. The van der Waals surface area contributed by atoms with Crippen LogP contribution in [0.1, 0.15) is 11.1 Å². The van der Waals surface area contributed by atoms with Crippen molar-refractivity contribution in [2.45, 2.75) is 13.5 Å². The Bertz CT molecular complexity index is 576. The number of hydrogen-bond acceptors (Lipinski definition) is 3. The minimum absolute atomic E-state index is 0.0523. The Hall–Kier alpha value is -1.88. The smallest absolute Gasteiger partial charge is 0.271 e. The SMILES string of the molecule is Cc1cc([N+](=O)[O-])cc(Br)c1OCc1ccccc1. The highest BCUT2D eigenvalue weighted by Crippen LogP contribution is 2.33. The molecule has 0 bridgehead atoms. The molecule has 2 rings (SSSR count). The van der Waals surface area contributed by atoms with Crippen LogP contribution < -0.4 is 4.74 Å². The molecule has 98 valence electrons. The molecule has 2 aromatic carbocycles. The van der Waals surface area contributed by atoms with Crippen molar-refractivity contribution in [3.05, 3.63) is 68.2 Å². The average Bonchev–Trinajstić information content (AvgIpc) is 2.38. The number of non-ortho nitro benzene ring substituents is 1. The van der Waals surface area contributed by atoms with E-state index in [2.05, 4.69) is 15.9 Å². The summed E-state index contributed by atoms with van der Waals surface area (Å²) in [5.74, 6) is 0.634. The first-order chi connectivity index (χ1) is 9.08. The van der Waals surface area contributed by atoms with Crippen LogP contribution in [-0.4, -0.2) is 4.92 Å². The molecule has 0 aliphatic rings. The van der Waals surface area contributed by atoms with Gasteiger partial charge in [-0.25, -0.2) is 0 Å². The normalized spacial score (nSPS) is 10.2. The topological polar surface area (TPSA) is 52.4 Å². The van der Waals surface area contributed by atoms with Crippen molar-refractivity contribution < 1.29 is 9.66 Å². The molecule has 0 amide bonds. The quantitative estimate of drug-likeness (QED) is 0.625. The second kappa shape index (κ2) is 5.84. The molecule has 0 radical (unpaired) electrons. The van der Waals surface area contributed by atoms with Gasteiger partial charge in [0, 0.05) is 12.1 Å². The van der Waals surface area contributed by atoms with Crippen molar-refractivity contribution in [1.29, 1.82) is 0 Å². The fourth-order valence-corrected chi connectivity index (χ4v) is 2.39. The van der Waals surface area contributed by atoms with Gasteiger partial charge in [0.15, 0.2) is 0 Å². The van der Waals surface area contributed by atoms with E-state index in [-0.39, 0.29) is 5.69 Å². The Balaban J connectivity index is 2.19. The first-order valence-electron chi connectivity index (χ1n) is 5.69. The van der Waals surface area contributed by atoms with Gasteiger partial charge in [0.05, 0.1) is 9.40 Å². The molecule has 4 nitrogen and oxygen atoms in total. The fraction of sp³-hybridized carbons (Fsp3) is 0.143. The molecule has 19 heavy (non-hydrogen) atoms. The third-order valence-corrected chi connectivity index (χ3v) is 3.24. The lowest BCUT2D eigenvalue weighted by atomic mass is 10.2. The predicted octanol–water partition coefficient (Wildman–Crippen LogP) is 4.24. The number of nitro benzene ring substituents is 1. The van der Waals surface area contributed by atoms with Crippen LogP contribution in [0.3, 0.4) is 0 Å². The lowest BCUT2D eigenvalue weighted by Gasteiger charge is -2.11. The summed E-state index contributed by atoms with van der Waals surface area (Å²) in [6.45, 7) is 2.22. The van der Waals surface area contributed by atoms with E-state index < -0.39 is 4.92 Å². The van der Waals surface area contributed by atoms with E-state index in [0.29, 0.717) is 16.8 Å². The van der Waals surface area contributed by atoms with Gasteiger partial charge in [-0.15, -0.1) is 0 Å². The Morgan fingerprint density at radius 2 is 1.95 bits per heavy atom. The fourth-order valence-electron chi connectivity index (χ4n) is 1.73. The molecule has 0 saturated carbocycles. The zero-order chi connectivity index (χ0) is 13.8. The third kappa shape index (κ3) is 3.32. The van der Waals surface area contributed by atoms with Gasteiger partial charge in [-0.3, -0.25) is 10.1 Å². The standard InChI is InChI=1S/C14H12BrNO3/c1-10-7-12(16(17)18)8-13(15)14(10)19-9-11-5-3-2-4-6-11/h2-8H,9H2,1H3. The second-order valence-electron chi connectivity index (χ2n) is 4.10. The molecule has 0 aliphatic heterocycles. The molecule has 0 heterocycles. The number of halogens is 1. The molecular formula is C14H12BrNO3. The number of hydrogen-bond donors (Lipinski definition) is 0. The van der Waals surface area contributed by atoms with Gasteiger partial charge >= 0.3 is 0 Å². The van der Waals surface area contributed by atoms with E-state index in [1.807, 2.05) is 30.3 Å². The van der Waals surface area contributed by atoms with Gasteiger partial charge in [0.2, 0.25) is 0 Å². The number of rotatable bonds is 4. The third-order valence-electron chi connectivity index (χ3n) is 2.65. The number of nitrogens with zero attached hydrogens (tertiary/aromatic N) is 1. The number of aryl methyl sites for hydroxylation is 1. The van der Waals surface area contributed by atoms with Gasteiger partial charge in [-0.05, 0) is 34.0 Å². The van der Waals surface area contributed by atoms with Crippen molar-refractivity contribution in [2.24, 2.45) is 0 Å². The van der Waals surface area contributed by atoms with Gasteiger partial charge < -0.3 is 4.74 Å². The monoisotopic (exact) mass is 321 g/mol. The van der Waals surface area contributed by atoms with Crippen LogP contribution in [0.15, 0.2) is 46.9 Å². The molecule has 0 saturated heterocycles. The predicted molar refractivity (Wildman–Crippen MR) is 76.3 cm³/mol. The Labute approximate surface area is 119 Å². The van der Waals surface area contributed by atoms with Crippen molar-refractivity contribution in [3.63, 3.8) is 0 Å². The van der Waals surface area contributed by atoms with Crippen LogP contribution in [0.2, 0.25) is 0 Å². The molecule has 0 aliphatic carbocycles. The van der Waals surface area contributed by atoms with Gasteiger partial charge in [0.25, 0.3) is 5.69 Å². The van der Waals surface area contributed by atoms with Crippen molar-refractivity contribution in [2.75, 3.05) is 0 Å². The molecule has 0 aromatic heterocycles. The molecule has 5 heteroatoms. The van der Waals surface area contributed by atoms with Crippen LogP contribution in [0.5, 0.6) is 5.75 Å². The number of nitro groups is 1. The summed E-state index contributed by atoms with van der Waals surface area (Å²) in [6.07, 6.45) is 0. The zero-order valence-electron chi connectivity index (χ0n) is 10.3. The van der Waals surface area contributed by atoms with Crippen LogP contribution in [0.4, 0.5) is 5.69 Å². The van der Waals surface area contributed by atoms with E-state index in [0.717, 1.165) is 11.1 Å². The summed E-state index contributed by atoms with van der Waals surface area (Å²) in [5, 5.41) is 10.7. The highest BCUT2D eigenvalue weighted by molar-refractivity contribution is 9.10. The minimum Gasteiger partial charge on any atom is -0.487 e. The largest absolute Gasteiger partial charge is 0.487 e. The van der Waals surface area contributed by atoms with Crippen LogP contribution in [0, 0.1) is 17.0 Å². The van der Waals surface area contributed by atoms with Crippen LogP contribution in [0.25, 0.3) is 0 Å². The van der Waals surface area contributed by atoms with Gasteiger partial charge in [-0.2, -0.15) is 0 Å². The van der Waals surface area contributed by atoms with E-state index in [1.165, 1.54) is 12.1 Å². The maximum absolute atomic E-state index is 10.7. The number of benzene rings is 2. The Morgan fingerprint density at radius 1 is 1.26 bits per heavy atom. The first kappa shape index (κ1) is 13.5. The first-order valence-corrected chi connectivity index (χ1v) is 6.48. The van der Waals surface area contributed by atoms with Crippen molar-refractivity contribution in [1.82, 2.24) is 0 Å². The lowest BCUT2D eigenvalue weighted by Crippen LogP contribution is -1.99. The maximum Gasteiger partial charge on any atom is 0.271 e. The van der Waals surface area contributed by atoms with E-state index in [4.69, 9.17) is 4.74 Å². The summed E-state index contributed by atoms with van der Waals surface area (Å²) >= 11 is 3.31. The van der Waals surface area contributed by atoms with E-state index in [1.54, 1.807) is 6.92 Å². The van der Waals surface area contributed by atoms with Crippen molar-refractivity contribution >= 4 is 21.6 Å². The summed E-state index contributed by atoms with van der Waals surface area (Å²) in [6, 6.07) is 12.7. The molecule has 0 atom stereocenters. The van der Waals surface area contributed by atoms with E-state index in [9.17, 15) is 10.1 Å². The molecular weight excluding hydrogens is 310 g/mol. The van der Waals surface area contributed by atoms with E-state index >= 15 is 0 Å². The minimum atomic E-state index is -0.418. The second-order valence-corrected chi connectivity index (χ2v) is 4.96. The maximum atomic E-state index is 10.7. The van der Waals surface area contributed by atoms with Crippen molar-refractivity contribution in [3.8, 4) is 5.75 Å². The molecule has 0 N–H and O–H groups in total. The molecule has 0 spiro atoms. The Kier molecular flexibility index (Phi) is 4.16. The summed E-state index contributed by atoms with van der Waals surface area (Å²) in [4.78, 5) is 10.3. The molecule has 0 fully saturated rings. The summed E-state index contributed by atoms with van der Waals surface area (Å²) in [7, 11) is 0. The highest BCUT2D eigenvalue weighted by Gasteiger charge is 2.13. The highest BCUT2D eigenvalue weighted by atomic mass is 79.9. The average molecular weight is 322 g/mol. The van der Waals surface area contributed by atoms with Crippen LogP contribution in [-0.2, 0) is 6.61 Å². The zero-order valence-corrected chi connectivity index (χ0v) is 11.9. The van der Waals surface area contributed by atoms with Gasteiger partial charge in [-0.1, -0.05) is 30.3 Å². The number of ether oxygens (including phenoxy) is 1. The summed E-state index contributed by atoms with van der Waals surface area (Å²) < 4.78 is 6.31. The molecule has 2 aromatic rings. The summed E-state index contributed by atoms with van der Waals surface area (Å²) in [5.41, 5.74) is 1.83. The lowest BCUT2D eigenvalue weighted by molar-refractivity contribution is -0.385. The van der Waals surface area contributed by atoms with Gasteiger partial charge in [0.1, 0.15) is 12.4 Å².